The Morgan fingerprint density at radius 1 is 1.29 bits per heavy atom. The van der Waals surface area contributed by atoms with E-state index in [2.05, 4.69) is 0 Å². The topological polar surface area (TPSA) is 66.8 Å². The summed E-state index contributed by atoms with van der Waals surface area (Å²) in [5.41, 5.74) is 0. The lowest BCUT2D eigenvalue weighted by molar-refractivity contribution is 0.00316. The van der Waals surface area contributed by atoms with Crippen LogP contribution < -0.4 is 0 Å². The van der Waals surface area contributed by atoms with Crippen molar-refractivity contribution in [1.82, 2.24) is 4.31 Å². The fourth-order valence-electron chi connectivity index (χ4n) is 2.27. The first-order valence-electron chi connectivity index (χ1n) is 6.63. The van der Waals surface area contributed by atoms with E-state index < -0.39 is 26.6 Å². The van der Waals surface area contributed by atoms with Crippen LogP contribution in [0.15, 0.2) is 23.1 Å². The van der Waals surface area contributed by atoms with Crippen LogP contribution >= 0.6 is 0 Å². The summed E-state index contributed by atoms with van der Waals surface area (Å²) in [4.78, 5) is -0.641. The summed E-state index contributed by atoms with van der Waals surface area (Å²) < 4.78 is 57.9. The van der Waals surface area contributed by atoms with Gasteiger partial charge in [-0.25, -0.2) is 17.2 Å². The van der Waals surface area contributed by atoms with Crippen LogP contribution in [-0.4, -0.2) is 50.2 Å². The molecule has 0 radical (unpaired) electrons. The molecule has 0 unspecified atom stereocenters. The molecule has 0 saturated carbocycles. The number of halogens is 2. The molecule has 0 spiro atoms. The monoisotopic (exact) mass is 321 g/mol. The molecule has 1 heterocycles. The normalized spacial score (nSPS) is 18.0. The molecule has 5 nitrogen and oxygen atoms in total. The minimum absolute atomic E-state index is 0.0903. The molecule has 0 aromatic heterocycles. The number of rotatable bonds is 5. The van der Waals surface area contributed by atoms with Crippen LogP contribution in [-0.2, 0) is 14.8 Å². The summed E-state index contributed by atoms with van der Waals surface area (Å²) >= 11 is 0. The summed E-state index contributed by atoms with van der Waals surface area (Å²) in [6.07, 6.45) is 0.785. The predicted molar refractivity (Wildman–Crippen MR) is 71.2 cm³/mol. The SMILES string of the molecule is O=S(=O)(c1cc(F)ccc1F)N1CCC(OCCO)CC1. The van der Waals surface area contributed by atoms with Crippen LogP contribution in [0, 0.1) is 11.6 Å². The Hall–Kier alpha value is -1.09. The molecule has 0 bridgehead atoms. The van der Waals surface area contributed by atoms with Gasteiger partial charge in [-0.05, 0) is 31.0 Å². The van der Waals surface area contributed by atoms with Gasteiger partial charge >= 0.3 is 0 Å². The zero-order valence-electron chi connectivity index (χ0n) is 11.3. The molecule has 8 heteroatoms. The van der Waals surface area contributed by atoms with Crippen molar-refractivity contribution in [3.63, 3.8) is 0 Å². The van der Waals surface area contributed by atoms with Crippen molar-refractivity contribution in [2.75, 3.05) is 26.3 Å². The maximum Gasteiger partial charge on any atom is 0.246 e. The van der Waals surface area contributed by atoms with Gasteiger partial charge < -0.3 is 9.84 Å². The first-order valence-corrected chi connectivity index (χ1v) is 8.07. The van der Waals surface area contributed by atoms with Gasteiger partial charge in [0, 0.05) is 13.1 Å². The van der Waals surface area contributed by atoms with Crippen LogP contribution in [0.3, 0.4) is 0 Å². The lowest BCUT2D eigenvalue weighted by Gasteiger charge is -2.31. The molecule has 118 valence electrons. The lowest BCUT2D eigenvalue weighted by atomic mass is 10.1. The highest BCUT2D eigenvalue weighted by molar-refractivity contribution is 7.89. The third-order valence-corrected chi connectivity index (χ3v) is 5.27. The Morgan fingerprint density at radius 2 is 1.95 bits per heavy atom. The molecule has 2 rings (SSSR count). The van der Waals surface area contributed by atoms with Crippen molar-refractivity contribution in [3.8, 4) is 0 Å². The maximum atomic E-state index is 13.6. The minimum atomic E-state index is -4.05. The number of sulfonamides is 1. The van der Waals surface area contributed by atoms with E-state index in [1.54, 1.807) is 0 Å². The van der Waals surface area contributed by atoms with E-state index in [4.69, 9.17) is 9.84 Å². The van der Waals surface area contributed by atoms with Crippen LogP contribution in [0.1, 0.15) is 12.8 Å². The molecule has 1 aliphatic heterocycles. The Kier molecular flexibility index (Phi) is 5.26. The smallest absolute Gasteiger partial charge is 0.246 e. The van der Waals surface area contributed by atoms with Crippen LogP contribution in [0.4, 0.5) is 8.78 Å². The van der Waals surface area contributed by atoms with Crippen LogP contribution in [0.25, 0.3) is 0 Å². The van der Waals surface area contributed by atoms with E-state index in [1.165, 1.54) is 0 Å². The Bertz CT molecular complexity index is 586. The molecule has 1 aromatic carbocycles. The second-order valence-electron chi connectivity index (χ2n) is 4.77. The number of aliphatic hydroxyl groups excluding tert-OH is 1. The van der Waals surface area contributed by atoms with Gasteiger partial charge in [0.15, 0.2) is 0 Å². The molecule has 0 atom stereocenters. The van der Waals surface area contributed by atoms with Crippen LogP contribution in [0.5, 0.6) is 0 Å². The van der Waals surface area contributed by atoms with Gasteiger partial charge in [0.2, 0.25) is 10.0 Å². The maximum absolute atomic E-state index is 13.6. The zero-order valence-corrected chi connectivity index (χ0v) is 12.2. The molecule has 21 heavy (non-hydrogen) atoms. The second kappa shape index (κ2) is 6.78. The summed E-state index contributed by atoms with van der Waals surface area (Å²) in [5, 5.41) is 8.67. The van der Waals surface area contributed by atoms with Gasteiger partial charge in [-0.2, -0.15) is 4.31 Å². The molecule has 1 saturated heterocycles. The molecular formula is C13H17F2NO4S. The molecule has 0 aliphatic carbocycles. The number of aliphatic hydroxyl groups is 1. The first-order chi connectivity index (χ1) is 9.95. The Balaban J connectivity index is 2.10. The minimum Gasteiger partial charge on any atom is -0.394 e. The Labute approximate surface area is 122 Å². The Morgan fingerprint density at radius 3 is 2.57 bits per heavy atom. The number of hydrogen-bond acceptors (Lipinski definition) is 4. The standard InChI is InChI=1S/C13H17F2NO4S/c14-10-1-2-12(15)13(9-10)21(18,19)16-5-3-11(4-6-16)20-8-7-17/h1-2,9,11,17H,3-8H2. The number of nitrogens with zero attached hydrogens (tertiary/aromatic N) is 1. The van der Waals surface area contributed by atoms with E-state index in [0.717, 1.165) is 16.4 Å². The highest BCUT2D eigenvalue weighted by atomic mass is 32.2. The predicted octanol–water partition coefficient (Wildman–Crippen LogP) is 1.13. The number of piperidine rings is 1. The summed E-state index contributed by atoms with van der Waals surface area (Å²) in [6.45, 7) is 0.464. The van der Waals surface area contributed by atoms with Gasteiger partial charge in [0.05, 0.1) is 19.3 Å². The molecule has 1 N–H and O–H groups in total. The van der Waals surface area contributed by atoms with Crippen molar-refractivity contribution in [1.29, 1.82) is 0 Å². The molecular weight excluding hydrogens is 304 g/mol. The highest BCUT2D eigenvalue weighted by Gasteiger charge is 2.31. The fraction of sp³-hybridized carbons (Fsp3) is 0.538. The largest absolute Gasteiger partial charge is 0.394 e. The average Bonchev–Trinajstić information content (AvgIpc) is 2.48. The second-order valence-corrected chi connectivity index (χ2v) is 6.68. The number of ether oxygens (including phenoxy) is 1. The highest BCUT2D eigenvalue weighted by Crippen LogP contribution is 2.24. The quantitative estimate of drug-likeness (QED) is 0.883. The van der Waals surface area contributed by atoms with Crippen LogP contribution in [0.2, 0.25) is 0 Å². The van der Waals surface area contributed by atoms with E-state index in [-0.39, 0.29) is 32.4 Å². The molecule has 1 aromatic rings. The lowest BCUT2D eigenvalue weighted by Crippen LogP contribution is -2.41. The van der Waals surface area contributed by atoms with Gasteiger partial charge in [-0.1, -0.05) is 0 Å². The van der Waals surface area contributed by atoms with Crippen molar-refractivity contribution in [3.05, 3.63) is 29.8 Å². The fourth-order valence-corrected chi connectivity index (χ4v) is 3.82. The van der Waals surface area contributed by atoms with Crippen molar-refractivity contribution in [2.24, 2.45) is 0 Å². The van der Waals surface area contributed by atoms with Gasteiger partial charge in [0.25, 0.3) is 0 Å². The first kappa shape index (κ1) is 16.3. The van der Waals surface area contributed by atoms with Crippen molar-refractivity contribution in [2.45, 2.75) is 23.8 Å². The zero-order chi connectivity index (χ0) is 15.5. The van der Waals surface area contributed by atoms with Crippen molar-refractivity contribution >= 4 is 10.0 Å². The van der Waals surface area contributed by atoms with E-state index in [9.17, 15) is 17.2 Å². The molecule has 0 amide bonds. The summed E-state index contributed by atoms with van der Waals surface area (Å²) in [5.74, 6) is -1.76. The third-order valence-electron chi connectivity index (χ3n) is 3.36. The molecule has 1 fully saturated rings. The number of hydrogen-bond donors (Lipinski definition) is 1. The summed E-state index contributed by atoms with van der Waals surface area (Å²) in [6, 6.07) is 2.38. The summed E-state index contributed by atoms with van der Waals surface area (Å²) in [7, 11) is -4.05. The molecule has 1 aliphatic rings. The third kappa shape index (κ3) is 3.76. The van der Waals surface area contributed by atoms with E-state index >= 15 is 0 Å². The average molecular weight is 321 g/mol. The van der Waals surface area contributed by atoms with E-state index in [1.807, 2.05) is 0 Å². The van der Waals surface area contributed by atoms with Crippen molar-refractivity contribution < 1.29 is 27.0 Å². The van der Waals surface area contributed by atoms with Gasteiger partial charge in [-0.15, -0.1) is 0 Å². The van der Waals surface area contributed by atoms with Gasteiger partial charge in [-0.3, -0.25) is 0 Å². The number of benzene rings is 1. The van der Waals surface area contributed by atoms with Gasteiger partial charge in [0.1, 0.15) is 16.5 Å². The van der Waals surface area contributed by atoms with E-state index in [0.29, 0.717) is 18.9 Å².